The number of amides is 1. The SMILES string of the molecule is CC(C)(C)OC(=O)c1cc(CC(=O)O)sc1NC(=O)OCc1ccccc1. The molecule has 0 bridgehead atoms. The van der Waals surface area contributed by atoms with Crippen molar-refractivity contribution < 1.29 is 29.0 Å². The summed E-state index contributed by atoms with van der Waals surface area (Å²) in [4.78, 5) is 35.8. The quantitative estimate of drug-likeness (QED) is 0.720. The van der Waals surface area contributed by atoms with E-state index in [4.69, 9.17) is 14.6 Å². The summed E-state index contributed by atoms with van der Waals surface area (Å²) in [5.41, 5.74) is 0.192. The second-order valence-electron chi connectivity index (χ2n) is 6.71. The minimum Gasteiger partial charge on any atom is -0.481 e. The molecule has 1 amide bonds. The Kier molecular flexibility index (Phi) is 6.57. The van der Waals surface area contributed by atoms with E-state index in [0.717, 1.165) is 16.9 Å². The third-order valence-electron chi connectivity index (χ3n) is 3.16. The lowest BCUT2D eigenvalue weighted by Crippen LogP contribution is -2.24. The van der Waals surface area contributed by atoms with E-state index >= 15 is 0 Å². The zero-order valence-corrected chi connectivity index (χ0v) is 16.1. The fraction of sp³-hybridized carbons (Fsp3) is 0.316. The van der Waals surface area contributed by atoms with Crippen molar-refractivity contribution in [2.24, 2.45) is 0 Å². The maximum absolute atomic E-state index is 12.4. The van der Waals surface area contributed by atoms with Gasteiger partial charge in [0.1, 0.15) is 17.2 Å². The largest absolute Gasteiger partial charge is 0.481 e. The number of benzene rings is 1. The van der Waals surface area contributed by atoms with Gasteiger partial charge < -0.3 is 14.6 Å². The number of hydrogen-bond acceptors (Lipinski definition) is 6. The normalized spacial score (nSPS) is 10.9. The van der Waals surface area contributed by atoms with Gasteiger partial charge in [-0.3, -0.25) is 10.1 Å². The van der Waals surface area contributed by atoms with Crippen molar-refractivity contribution in [2.75, 3.05) is 5.32 Å². The molecule has 1 aromatic carbocycles. The van der Waals surface area contributed by atoms with Crippen LogP contribution in [0.15, 0.2) is 36.4 Å². The van der Waals surface area contributed by atoms with Crippen LogP contribution in [0, 0.1) is 0 Å². The second kappa shape index (κ2) is 8.68. The number of carboxylic acids is 1. The Hall–Kier alpha value is -2.87. The van der Waals surface area contributed by atoms with E-state index < -0.39 is 23.6 Å². The maximum Gasteiger partial charge on any atom is 0.412 e. The van der Waals surface area contributed by atoms with Crippen LogP contribution >= 0.6 is 11.3 Å². The number of thiophene rings is 1. The predicted octanol–water partition coefficient (Wildman–Crippen LogP) is 4.08. The van der Waals surface area contributed by atoms with Crippen LogP contribution in [0.2, 0.25) is 0 Å². The first kappa shape index (κ1) is 20.4. The molecule has 7 nitrogen and oxygen atoms in total. The highest BCUT2D eigenvalue weighted by atomic mass is 32.1. The molecule has 144 valence electrons. The molecule has 0 atom stereocenters. The van der Waals surface area contributed by atoms with Crippen molar-refractivity contribution in [1.29, 1.82) is 0 Å². The molecule has 0 radical (unpaired) electrons. The van der Waals surface area contributed by atoms with Crippen LogP contribution in [0.4, 0.5) is 9.80 Å². The molecule has 0 aliphatic heterocycles. The number of anilines is 1. The van der Waals surface area contributed by atoms with E-state index in [0.29, 0.717) is 4.88 Å². The van der Waals surface area contributed by atoms with Gasteiger partial charge in [0, 0.05) is 4.88 Å². The lowest BCUT2D eigenvalue weighted by molar-refractivity contribution is -0.136. The number of ether oxygens (including phenoxy) is 2. The second-order valence-corrected chi connectivity index (χ2v) is 7.85. The van der Waals surface area contributed by atoms with Gasteiger partial charge in [0.2, 0.25) is 0 Å². The molecule has 0 aliphatic carbocycles. The predicted molar refractivity (Wildman–Crippen MR) is 101 cm³/mol. The van der Waals surface area contributed by atoms with Gasteiger partial charge in [-0.25, -0.2) is 9.59 Å². The molecular formula is C19H21NO6S. The maximum atomic E-state index is 12.4. The Labute approximate surface area is 160 Å². The Morgan fingerprint density at radius 1 is 1.15 bits per heavy atom. The van der Waals surface area contributed by atoms with Gasteiger partial charge in [0.15, 0.2) is 0 Å². The Balaban J connectivity index is 2.12. The Morgan fingerprint density at radius 2 is 1.81 bits per heavy atom. The number of hydrogen-bond donors (Lipinski definition) is 2. The van der Waals surface area contributed by atoms with Crippen molar-refractivity contribution in [2.45, 2.75) is 39.4 Å². The van der Waals surface area contributed by atoms with Gasteiger partial charge in [-0.15, -0.1) is 11.3 Å². The fourth-order valence-electron chi connectivity index (χ4n) is 2.11. The van der Waals surface area contributed by atoms with E-state index in [-0.39, 0.29) is 23.6 Å². The number of aliphatic carboxylic acids is 1. The van der Waals surface area contributed by atoms with Crippen molar-refractivity contribution in [1.82, 2.24) is 0 Å². The van der Waals surface area contributed by atoms with Crippen LogP contribution in [0.5, 0.6) is 0 Å². The minimum absolute atomic E-state index is 0.0712. The van der Waals surface area contributed by atoms with Gasteiger partial charge >= 0.3 is 18.0 Å². The number of carbonyl (C=O) groups excluding carboxylic acids is 2. The van der Waals surface area contributed by atoms with E-state index in [2.05, 4.69) is 5.32 Å². The Bertz CT molecular complexity index is 822. The average molecular weight is 391 g/mol. The van der Waals surface area contributed by atoms with Crippen molar-refractivity contribution >= 4 is 34.4 Å². The molecule has 0 aliphatic rings. The number of carbonyl (C=O) groups is 3. The first-order chi connectivity index (χ1) is 12.6. The summed E-state index contributed by atoms with van der Waals surface area (Å²) in [6, 6.07) is 10.6. The van der Waals surface area contributed by atoms with Crippen LogP contribution in [0.1, 0.15) is 41.6 Å². The van der Waals surface area contributed by atoms with Crippen LogP contribution in [0.25, 0.3) is 0 Å². The van der Waals surface area contributed by atoms with Crippen molar-refractivity contribution in [3.05, 3.63) is 52.4 Å². The lowest BCUT2D eigenvalue weighted by Gasteiger charge is -2.19. The molecule has 27 heavy (non-hydrogen) atoms. The lowest BCUT2D eigenvalue weighted by atomic mass is 10.2. The molecule has 0 saturated heterocycles. The van der Waals surface area contributed by atoms with Gasteiger partial charge in [-0.1, -0.05) is 30.3 Å². The van der Waals surface area contributed by atoms with Crippen LogP contribution in [0.3, 0.4) is 0 Å². The summed E-state index contributed by atoms with van der Waals surface area (Å²) < 4.78 is 10.5. The molecule has 1 heterocycles. The molecule has 0 saturated carbocycles. The molecule has 2 N–H and O–H groups in total. The standard InChI is InChI=1S/C19H21NO6S/c1-19(2,3)26-17(23)14-9-13(10-15(21)22)27-16(14)20-18(24)25-11-12-7-5-4-6-8-12/h4-9H,10-11H2,1-3H3,(H,20,24)(H,21,22). The molecule has 0 fully saturated rings. The summed E-state index contributed by atoms with van der Waals surface area (Å²) in [5, 5.41) is 11.7. The highest BCUT2D eigenvalue weighted by Gasteiger charge is 2.24. The monoisotopic (exact) mass is 391 g/mol. The van der Waals surface area contributed by atoms with Crippen molar-refractivity contribution in [3.8, 4) is 0 Å². The summed E-state index contributed by atoms with van der Waals surface area (Å²) in [6.45, 7) is 5.23. The van der Waals surface area contributed by atoms with E-state index in [1.807, 2.05) is 30.3 Å². The highest BCUT2D eigenvalue weighted by molar-refractivity contribution is 7.16. The average Bonchev–Trinajstić information content (AvgIpc) is 2.94. The third-order valence-corrected chi connectivity index (χ3v) is 4.21. The molecule has 8 heteroatoms. The van der Waals surface area contributed by atoms with Crippen molar-refractivity contribution in [3.63, 3.8) is 0 Å². The number of carboxylic acid groups (broad SMARTS) is 1. The van der Waals surface area contributed by atoms with Gasteiger partial charge in [-0.2, -0.15) is 0 Å². The number of nitrogens with one attached hydrogen (secondary N) is 1. The minimum atomic E-state index is -1.04. The van der Waals surface area contributed by atoms with Gasteiger partial charge in [0.05, 0.1) is 12.0 Å². The summed E-state index contributed by atoms with van der Waals surface area (Å²) in [6.07, 6.45) is -1.01. The van der Waals surface area contributed by atoms with E-state index in [9.17, 15) is 14.4 Å². The number of rotatable bonds is 6. The molecule has 1 aromatic heterocycles. The zero-order valence-electron chi connectivity index (χ0n) is 15.3. The highest BCUT2D eigenvalue weighted by Crippen LogP contribution is 2.30. The van der Waals surface area contributed by atoms with E-state index in [1.54, 1.807) is 20.8 Å². The summed E-state index contributed by atoms with van der Waals surface area (Å²) >= 11 is 0.999. The molecule has 0 unspecified atom stereocenters. The molecule has 2 rings (SSSR count). The first-order valence-corrected chi connectivity index (χ1v) is 9.01. The first-order valence-electron chi connectivity index (χ1n) is 8.19. The molecule has 2 aromatic rings. The third kappa shape index (κ3) is 6.74. The van der Waals surface area contributed by atoms with Crippen LogP contribution in [-0.4, -0.2) is 28.7 Å². The fourth-order valence-corrected chi connectivity index (χ4v) is 3.13. The van der Waals surface area contributed by atoms with E-state index in [1.165, 1.54) is 6.07 Å². The summed E-state index contributed by atoms with van der Waals surface area (Å²) in [7, 11) is 0. The number of esters is 1. The topological polar surface area (TPSA) is 102 Å². The van der Waals surface area contributed by atoms with Crippen LogP contribution < -0.4 is 5.32 Å². The van der Waals surface area contributed by atoms with Gasteiger partial charge in [-0.05, 0) is 32.4 Å². The molecule has 0 spiro atoms. The summed E-state index contributed by atoms with van der Waals surface area (Å²) in [5.74, 6) is -1.68. The van der Waals surface area contributed by atoms with Gasteiger partial charge in [0.25, 0.3) is 0 Å². The smallest absolute Gasteiger partial charge is 0.412 e. The molecular weight excluding hydrogens is 370 g/mol. The Morgan fingerprint density at radius 3 is 2.41 bits per heavy atom. The zero-order chi connectivity index (χ0) is 20.0. The van der Waals surface area contributed by atoms with Crippen LogP contribution in [-0.2, 0) is 27.3 Å².